The molecule has 2 fully saturated rings. The van der Waals surface area contributed by atoms with E-state index in [9.17, 15) is 13.2 Å². The summed E-state index contributed by atoms with van der Waals surface area (Å²) < 4.78 is 44.0. The van der Waals surface area contributed by atoms with E-state index in [0.29, 0.717) is 23.1 Å². The van der Waals surface area contributed by atoms with E-state index < -0.39 is 11.7 Å². The molecule has 26 heavy (non-hydrogen) atoms. The molecule has 138 valence electrons. The predicted octanol–water partition coefficient (Wildman–Crippen LogP) is 4.03. The SMILES string of the molecule is FC(F)(F)c1ccc(-c2ccc(OC3CCN4CCCC3C4)nn2)cc1. The number of rotatable bonds is 3. The number of piperidine rings is 2. The first-order valence-corrected chi connectivity index (χ1v) is 8.89. The van der Waals surface area contributed by atoms with Crippen LogP contribution in [0.25, 0.3) is 11.3 Å². The van der Waals surface area contributed by atoms with Gasteiger partial charge in [-0.15, -0.1) is 10.2 Å². The first-order chi connectivity index (χ1) is 12.5. The zero-order valence-electron chi connectivity index (χ0n) is 14.2. The summed E-state index contributed by atoms with van der Waals surface area (Å²) in [6, 6.07) is 8.41. The maximum atomic E-state index is 12.6. The van der Waals surface area contributed by atoms with E-state index in [1.165, 1.54) is 31.5 Å². The highest BCUT2D eigenvalue weighted by Gasteiger charge is 2.33. The maximum Gasteiger partial charge on any atom is 0.416 e. The molecule has 1 aromatic carbocycles. The monoisotopic (exact) mass is 363 g/mol. The van der Waals surface area contributed by atoms with Crippen LogP contribution >= 0.6 is 0 Å². The van der Waals surface area contributed by atoms with Crippen LogP contribution in [0.2, 0.25) is 0 Å². The highest BCUT2D eigenvalue weighted by atomic mass is 19.4. The first-order valence-electron chi connectivity index (χ1n) is 8.89. The van der Waals surface area contributed by atoms with Crippen LogP contribution in [-0.4, -0.2) is 40.8 Å². The Morgan fingerprint density at radius 3 is 2.46 bits per heavy atom. The molecule has 3 heterocycles. The number of benzene rings is 1. The zero-order chi connectivity index (χ0) is 18.1. The lowest BCUT2D eigenvalue weighted by molar-refractivity contribution is -0.137. The molecule has 0 aliphatic carbocycles. The molecule has 0 spiro atoms. The van der Waals surface area contributed by atoms with Gasteiger partial charge >= 0.3 is 6.18 Å². The van der Waals surface area contributed by atoms with E-state index in [1.807, 2.05) is 0 Å². The van der Waals surface area contributed by atoms with Crippen LogP contribution in [0.5, 0.6) is 5.88 Å². The third kappa shape index (κ3) is 3.67. The molecule has 2 bridgehead atoms. The minimum Gasteiger partial charge on any atom is -0.473 e. The number of halogens is 3. The standard InChI is InChI=1S/C19H20F3N3O/c20-19(21,22)15-5-3-13(4-6-15)16-7-8-18(24-23-16)26-17-9-11-25-10-1-2-14(17)12-25/h3-8,14,17H,1-2,9-12H2. The lowest BCUT2D eigenvalue weighted by Gasteiger charge is -2.42. The van der Waals surface area contributed by atoms with Gasteiger partial charge in [-0.3, -0.25) is 0 Å². The molecule has 3 atom stereocenters. The number of hydrogen-bond acceptors (Lipinski definition) is 4. The van der Waals surface area contributed by atoms with Gasteiger partial charge in [-0.25, -0.2) is 0 Å². The van der Waals surface area contributed by atoms with Crippen LogP contribution in [0.3, 0.4) is 0 Å². The molecule has 2 aliphatic rings. The fourth-order valence-corrected chi connectivity index (χ4v) is 3.82. The van der Waals surface area contributed by atoms with Gasteiger partial charge in [0.1, 0.15) is 6.10 Å². The Labute approximate surface area is 150 Å². The molecule has 3 unspecified atom stereocenters. The van der Waals surface area contributed by atoms with Crippen molar-refractivity contribution in [2.45, 2.75) is 31.5 Å². The van der Waals surface area contributed by atoms with Crippen molar-refractivity contribution in [3.05, 3.63) is 42.0 Å². The van der Waals surface area contributed by atoms with Crippen LogP contribution in [0.15, 0.2) is 36.4 Å². The van der Waals surface area contributed by atoms with Crippen molar-refractivity contribution in [2.75, 3.05) is 19.6 Å². The van der Waals surface area contributed by atoms with Gasteiger partial charge in [0.05, 0.1) is 11.3 Å². The van der Waals surface area contributed by atoms with Gasteiger partial charge < -0.3 is 9.64 Å². The van der Waals surface area contributed by atoms with Gasteiger partial charge in [-0.1, -0.05) is 12.1 Å². The molecular weight excluding hydrogens is 343 g/mol. The lowest BCUT2D eigenvalue weighted by atomic mass is 9.87. The molecule has 0 radical (unpaired) electrons. The van der Waals surface area contributed by atoms with Crippen LogP contribution < -0.4 is 4.74 Å². The predicted molar refractivity (Wildman–Crippen MR) is 90.7 cm³/mol. The Morgan fingerprint density at radius 1 is 0.962 bits per heavy atom. The number of nitrogens with zero attached hydrogens (tertiary/aromatic N) is 3. The van der Waals surface area contributed by atoms with E-state index in [1.54, 1.807) is 12.1 Å². The van der Waals surface area contributed by atoms with Gasteiger partial charge in [-0.05, 0) is 44.0 Å². The average molecular weight is 363 g/mol. The molecule has 0 amide bonds. The van der Waals surface area contributed by atoms with Gasteiger partial charge in [0.2, 0.25) is 5.88 Å². The quantitative estimate of drug-likeness (QED) is 0.825. The van der Waals surface area contributed by atoms with Crippen molar-refractivity contribution in [2.24, 2.45) is 5.92 Å². The topological polar surface area (TPSA) is 38.2 Å². The van der Waals surface area contributed by atoms with Crippen molar-refractivity contribution in [3.8, 4) is 17.1 Å². The molecule has 2 saturated heterocycles. The first kappa shape index (κ1) is 17.3. The summed E-state index contributed by atoms with van der Waals surface area (Å²) in [6.07, 6.45) is -0.789. The molecule has 2 aliphatic heterocycles. The van der Waals surface area contributed by atoms with E-state index in [-0.39, 0.29) is 6.10 Å². The summed E-state index contributed by atoms with van der Waals surface area (Å²) in [5.74, 6) is 1.01. The fraction of sp³-hybridized carbons (Fsp3) is 0.474. The Balaban J connectivity index is 1.43. The Hall–Kier alpha value is -2.15. The summed E-state index contributed by atoms with van der Waals surface area (Å²) in [7, 11) is 0. The number of ether oxygens (including phenoxy) is 1. The second kappa shape index (κ2) is 6.87. The van der Waals surface area contributed by atoms with Crippen molar-refractivity contribution < 1.29 is 17.9 Å². The minimum absolute atomic E-state index is 0.165. The highest BCUT2D eigenvalue weighted by Crippen LogP contribution is 2.31. The van der Waals surface area contributed by atoms with E-state index in [0.717, 1.165) is 31.6 Å². The van der Waals surface area contributed by atoms with E-state index in [4.69, 9.17) is 4.74 Å². The summed E-state index contributed by atoms with van der Waals surface area (Å²) in [6.45, 7) is 3.32. The summed E-state index contributed by atoms with van der Waals surface area (Å²) >= 11 is 0. The third-order valence-electron chi connectivity index (χ3n) is 5.22. The molecule has 4 rings (SSSR count). The average Bonchev–Trinajstić information content (AvgIpc) is 2.64. The summed E-state index contributed by atoms with van der Waals surface area (Å²) in [5, 5.41) is 8.24. The van der Waals surface area contributed by atoms with Crippen molar-refractivity contribution in [1.29, 1.82) is 0 Å². The largest absolute Gasteiger partial charge is 0.473 e. The summed E-state index contributed by atoms with van der Waals surface area (Å²) in [5.41, 5.74) is 0.448. The second-order valence-electron chi connectivity index (χ2n) is 6.98. The van der Waals surface area contributed by atoms with Gasteiger partial charge in [0, 0.05) is 30.6 Å². The van der Waals surface area contributed by atoms with E-state index >= 15 is 0 Å². The van der Waals surface area contributed by atoms with E-state index in [2.05, 4.69) is 15.1 Å². The van der Waals surface area contributed by atoms with Gasteiger partial charge in [-0.2, -0.15) is 13.2 Å². The lowest BCUT2D eigenvalue weighted by Crippen LogP contribution is -2.49. The molecule has 7 heteroatoms. The maximum absolute atomic E-state index is 12.6. The van der Waals surface area contributed by atoms with Crippen LogP contribution in [-0.2, 0) is 6.18 Å². The van der Waals surface area contributed by atoms with Crippen molar-refractivity contribution in [1.82, 2.24) is 15.1 Å². The highest BCUT2D eigenvalue weighted by molar-refractivity contribution is 5.59. The number of alkyl halides is 3. The Morgan fingerprint density at radius 2 is 1.77 bits per heavy atom. The molecule has 0 N–H and O–H groups in total. The molecular formula is C19H20F3N3O. The minimum atomic E-state index is -4.34. The fourth-order valence-electron chi connectivity index (χ4n) is 3.82. The third-order valence-corrected chi connectivity index (χ3v) is 5.22. The van der Waals surface area contributed by atoms with Crippen LogP contribution in [0.4, 0.5) is 13.2 Å². The number of fused-ring (bicyclic) bond motifs is 2. The molecule has 1 aromatic heterocycles. The Bertz CT molecular complexity index is 746. The smallest absolute Gasteiger partial charge is 0.416 e. The number of aromatic nitrogens is 2. The number of hydrogen-bond donors (Lipinski definition) is 0. The Kier molecular flexibility index (Phi) is 4.56. The van der Waals surface area contributed by atoms with Gasteiger partial charge in [0.25, 0.3) is 0 Å². The van der Waals surface area contributed by atoms with Gasteiger partial charge in [0.15, 0.2) is 0 Å². The molecule has 0 saturated carbocycles. The summed E-state index contributed by atoms with van der Waals surface area (Å²) in [4.78, 5) is 2.48. The zero-order valence-corrected chi connectivity index (χ0v) is 14.2. The van der Waals surface area contributed by atoms with Crippen LogP contribution in [0.1, 0.15) is 24.8 Å². The molecule has 4 nitrogen and oxygen atoms in total. The van der Waals surface area contributed by atoms with Crippen molar-refractivity contribution >= 4 is 0 Å². The second-order valence-corrected chi connectivity index (χ2v) is 6.98. The molecule has 2 aromatic rings. The van der Waals surface area contributed by atoms with Crippen LogP contribution in [0, 0.1) is 5.92 Å². The normalized spacial score (nSPS) is 25.7. The van der Waals surface area contributed by atoms with Crippen molar-refractivity contribution in [3.63, 3.8) is 0 Å².